The number of benzene rings is 4. The Morgan fingerprint density at radius 2 is 1.74 bits per heavy atom. The summed E-state index contributed by atoms with van der Waals surface area (Å²) in [6, 6.07) is 28.7. The summed E-state index contributed by atoms with van der Waals surface area (Å²) in [4.78, 5) is 43.3. The van der Waals surface area contributed by atoms with Gasteiger partial charge in [0, 0.05) is 40.7 Å². The van der Waals surface area contributed by atoms with Crippen LogP contribution >= 0.6 is 11.6 Å². The lowest BCUT2D eigenvalue weighted by Crippen LogP contribution is -2.46. The molecule has 3 N–H and O–H groups in total. The molecule has 9 heteroatoms. The Hall–Kier alpha value is -4.76. The van der Waals surface area contributed by atoms with Crippen molar-refractivity contribution < 1.29 is 24.6 Å². The summed E-state index contributed by atoms with van der Waals surface area (Å²) in [6.07, 6.45) is 4.01. The monoisotopic (exact) mass is 649 g/mol. The highest BCUT2D eigenvalue weighted by Crippen LogP contribution is 2.46. The highest BCUT2D eigenvalue weighted by Gasteiger charge is 2.52. The van der Waals surface area contributed by atoms with Gasteiger partial charge in [0.05, 0.1) is 24.9 Å². The molecule has 4 aromatic rings. The van der Waals surface area contributed by atoms with Crippen LogP contribution in [0.25, 0.3) is 0 Å². The van der Waals surface area contributed by atoms with Crippen molar-refractivity contribution in [3.05, 3.63) is 142 Å². The van der Waals surface area contributed by atoms with Gasteiger partial charge < -0.3 is 25.3 Å². The third kappa shape index (κ3) is 6.45. The van der Waals surface area contributed by atoms with Crippen LogP contribution in [0.2, 0.25) is 5.02 Å². The molecule has 2 aliphatic heterocycles. The molecule has 2 heterocycles. The van der Waals surface area contributed by atoms with E-state index in [2.05, 4.69) is 5.32 Å². The van der Waals surface area contributed by atoms with Crippen LogP contribution in [0.5, 0.6) is 0 Å². The van der Waals surface area contributed by atoms with E-state index in [-0.39, 0.29) is 37.4 Å². The van der Waals surface area contributed by atoms with E-state index in [1.807, 2.05) is 36.4 Å². The van der Waals surface area contributed by atoms with Gasteiger partial charge in [-0.1, -0.05) is 85.3 Å². The molecule has 2 aliphatic rings. The van der Waals surface area contributed by atoms with Gasteiger partial charge in [0.1, 0.15) is 0 Å². The summed E-state index contributed by atoms with van der Waals surface area (Å²) >= 11 is 6.36. The summed E-state index contributed by atoms with van der Waals surface area (Å²) in [6.45, 7) is 2.17. The van der Waals surface area contributed by atoms with E-state index in [1.54, 1.807) is 84.6 Å². The van der Waals surface area contributed by atoms with Gasteiger partial charge in [-0.2, -0.15) is 0 Å². The number of carbonyl (C=O) groups excluding carboxylic acids is 3. The first kappa shape index (κ1) is 32.2. The van der Waals surface area contributed by atoms with Crippen molar-refractivity contribution in [3.63, 3.8) is 0 Å². The van der Waals surface area contributed by atoms with E-state index in [0.29, 0.717) is 40.5 Å². The zero-order valence-corrected chi connectivity index (χ0v) is 26.7. The third-order valence-corrected chi connectivity index (χ3v) is 9.29. The van der Waals surface area contributed by atoms with Crippen molar-refractivity contribution in [2.75, 3.05) is 16.8 Å². The van der Waals surface area contributed by atoms with E-state index >= 15 is 0 Å². The molecule has 3 atom stereocenters. The summed E-state index contributed by atoms with van der Waals surface area (Å²) in [5, 5.41) is 25.3. The van der Waals surface area contributed by atoms with E-state index in [4.69, 9.17) is 11.6 Å². The molecule has 0 fully saturated rings. The molecule has 47 heavy (non-hydrogen) atoms. The Balaban J connectivity index is 1.18. The number of hydrogen-bond acceptors (Lipinski definition) is 5. The lowest BCUT2D eigenvalue weighted by atomic mass is 9.83. The van der Waals surface area contributed by atoms with E-state index < -0.39 is 17.4 Å². The predicted octanol–water partition coefficient (Wildman–Crippen LogP) is 5.85. The van der Waals surface area contributed by atoms with Gasteiger partial charge >= 0.3 is 0 Å². The molecule has 8 nitrogen and oxygen atoms in total. The fourth-order valence-electron chi connectivity index (χ4n) is 6.47. The Morgan fingerprint density at radius 3 is 2.51 bits per heavy atom. The van der Waals surface area contributed by atoms with Crippen LogP contribution in [0, 0.1) is 5.92 Å². The largest absolute Gasteiger partial charge is 0.394 e. The molecular formula is C38H36ClN3O5. The standard InChI is InChI=1S/C38H36ClN3O5/c1-25(9-7-16-35(44)41-23-29-14-6-5-13-28(29)20-32(41)24-43)38(47)33-21-30(39)17-18-34(33)42(37(38)46)22-26-10-8-15-31(19-26)40-36(45)27-11-3-2-4-12-27/h2-15,17-19,21,25,32,43,47H,16,20,22-24H2,1H3,(H,40,45)/b9-7+/t25-,32-,38+/m0/s1. The summed E-state index contributed by atoms with van der Waals surface area (Å²) in [5.74, 6) is -1.59. The molecule has 0 spiro atoms. The minimum absolute atomic E-state index is 0.0564. The highest BCUT2D eigenvalue weighted by atomic mass is 35.5. The first-order valence-corrected chi connectivity index (χ1v) is 16.0. The number of fused-ring (bicyclic) bond motifs is 2. The molecule has 3 amide bonds. The Kier molecular flexibility index (Phi) is 9.27. The molecular weight excluding hydrogens is 614 g/mol. The van der Waals surface area contributed by atoms with E-state index in [1.165, 1.54) is 4.90 Å². The molecule has 0 saturated heterocycles. The van der Waals surface area contributed by atoms with Crippen molar-refractivity contribution in [2.24, 2.45) is 5.92 Å². The SMILES string of the molecule is C[C@@H](/C=C/CC(=O)N1Cc2ccccc2C[C@H]1CO)[C@]1(O)C(=O)N(Cc2cccc(NC(=O)c3ccccc3)c2)c2ccc(Cl)cc21. The van der Waals surface area contributed by atoms with Gasteiger partial charge in [-0.05, 0) is 65.6 Å². The Labute approximate surface area is 278 Å². The van der Waals surface area contributed by atoms with Crippen molar-refractivity contribution in [1.82, 2.24) is 4.90 Å². The maximum Gasteiger partial charge on any atom is 0.264 e. The van der Waals surface area contributed by atoms with Gasteiger partial charge in [0.2, 0.25) is 5.91 Å². The number of carbonyl (C=O) groups is 3. The Bertz CT molecular complexity index is 1840. The third-order valence-electron chi connectivity index (χ3n) is 9.06. The smallest absolute Gasteiger partial charge is 0.264 e. The maximum atomic E-state index is 14.1. The first-order valence-electron chi connectivity index (χ1n) is 15.6. The molecule has 6 rings (SSSR count). The number of aliphatic hydroxyl groups is 2. The summed E-state index contributed by atoms with van der Waals surface area (Å²) < 4.78 is 0. The number of nitrogens with zero attached hydrogens (tertiary/aromatic N) is 2. The van der Waals surface area contributed by atoms with Crippen LogP contribution in [-0.4, -0.2) is 45.5 Å². The second-order valence-corrected chi connectivity index (χ2v) is 12.5. The van der Waals surface area contributed by atoms with Crippen LogP contribution in [0.4, 0.5) is 11.4 Å². The number of aliphatic hydroxyl groups excluding tert-OH is 1. The van der Waals surface area contributed by atoms with Crippen molar-refractivity contribution in [1.29, 1.82) is 0 Å². The number of anilines is 2. The molecule has 0 radical (unpaired) electrons. The maximum absolute atomic E-state index is 14.1. The molecule has 0 saturated carbocycles. The average molecular weight is 650 g/mol. The van der Waals surface area contributed by atoms with Crippen LogP contribution in [-0.2, 0) is 34.7 Å². The van der Waals surface area contributed by atoms with Crippen LogP contribution in [0.3, 0.4) is 0 Å². The quantitative estimate of drug-likeness (QED) is 0.197. The number of nitrogens with one attached hydrogen (secondary N) is 1. The van der Waals surface area contributed by atoms with Crippen molar-refractivity contribution in [3.8, 4) is 0 Å². The molecule has 0 aliphatic carbocycles. The fraction of sp³-hybridized carbons (Fsp3) is 0.237. The van der Waals surface area contributed by atoms with Gasteiger partial charge in [-0.25, -0.2) is 0 Å². The second kappa shape index (κ2) is 13.5. The molecule has 0 unspecified atom stereocenters. The summed E-state index contributed by atoms with van der Waals surface area (Å²) in [7, 11) is 0. The second-order valence-electron chi connectivity index (χ2n) is 12.1. The van der Waals surface area contributed by atoms with Gasteiger partial charge in [-0.3, -0.25) is 14.4 Å². The molecule has 0 aromatic heterocycles. The van der Waals surface area contributed by atoms with Crippen molar-refractivity contribution >= 4 is 40.7 Å². The minimum atomic E-state index is -1.92. The number of amides is 3. The number of rotatable bonds is 9. The topological polar surface area (TPSA) is 110 Å². The van der Waals surface area contributed by atoms with E-state index in [9.17, 15) is 24.6 Å². The average Bonchev–Trinajstić information content (AvgIpc) is 3.29. The predicted molar refractivity (Wildman–Crippen MR) is 182 cm³/mol. The first-order chi connectivity index (χ1) is 22.7. The Morgan fingerprint density at radius 1 is 1.00 bits per heavy atom. The van der Waals surface area contributed by atoms with Gasteiger partial charge in [-0.15, -0.1) is 0 Å². The summed E-state index contributed by atoms with van der Waals surface area (Å²) in [5.41, 5.74) is 3.06. The lowest BCUT2D eigenvalue weighted by Gasteiger charge is -2.36. The highest BCUT2D eigenvalue weighted by molar-refractivity contribution is 6.31. The van der Waals surface area contributed by atoms with Crippen LogP contribution < -0.4 is 10.2 Å². The zero-order chi connectivity index (χ0) is 33.1. The van der Waals surface area contributed by atoms with Gasteiger partial charge in [0.15, 0.2) is 5.60 Å². The zero-order valence-electron chi connectivity index (χ0n) is 26.0. The minimum Gasteiger partial charge on any atom is -0.394 e. The van der Waals surface area contributed by atoms with Crippen LogP contribution in [0.1, 0.15) is 46.0 Å². The molecule has 240 valence electrons. The van der Waals surface area contributed by atoms with E-state index in [0.717, 1.165) is 16.7 Å². The van der Waals surface area contributed by atoms with Crippen LogP contribution in [0.15, 0.2) is 109 Å². The number of hydrogen-bond donors (Lipinski definition) is 3. The molecule has 0 bridgehead atoms. The number of halogens is 1. The molecule has 4 aromatic carbocycles. The fourth-order valence-corrected chi connectivity index (χ4v) is 6.64. The van der Waals surface area contributed by atoms with Crippen molar-refractivity contribution in [2.45, 2.75) is 44.5 Å². The lowest BCUT2D eigenvalue weighted by molar-refractivity contribution is -0.139. The normalized spacial score (nSPS) is 19.4. The van der Waals surface area contributed by atoms with Gasteiger partial charge in [0.25, 0.3) is 11.8 Å².